The van der Waals surface area contributed by atoms with Crippen molar-refractivity contribution in [2.75, 3.05) is 18.0 Å². The quantitative estimate of drug-likeness (QED) is 0.743. The molecule has 0 unspecified atom stereocenters. The second kappa shape index (κ2) is 7.26. The summed E-state index contributed by atoms with van der Waals surface area (Å²) >= 11 is 0. The van der Waals surface area contributed by atoms with Crippen LogP contribution in [0.15, 0.2) is 58.6 Å². The third kappa shape index (κ3) is 3.05. The molecule has 1 aliphatic rings. The number of aryl methyl sites for hydroxylation is 1. The van der Waals surface area contributed by atoms with E-state index in [2.05, 4.69) is 53.1 Å². The minimum Gasteiger partial charge on any atom is -0.380 e. The minimum atomic E-state index is 0.342. The summed E-state index contributed by atoms with van der Waals surface area (Å²) in [6.07, 6.45) is 0. The SMILES string of the molecule is CCN(CC)c1ccc(N=C2C(N)=Nn3c2nnc3-c2ccccc2)c(C)c1. The summed E-state index contributed by atoms with van der Waals surface area (Å²) in [7, 11) is 0. The fourth-order valence-electron chi connectivity index (χ4n) is 3.34. The number of fused-ring (bicyclic) bond motifs is 1. The van der Waals surface area contributed by atoms with Crippen LogP contribution in [0, 0.1) is 6.92 Å². The third-order valence-electron chi connectivity index (χ3n) is 4.88. The van der Waals surface area contributed by atoms with Gasteiger partial charge in [-0.15, -0.1) is 15.3 Å². The van der Waals surface area contributed by atoms with Crippen molar-refractivity contribution < 1.29 is 0 Å². The lowest BCUT2D eigenvalue weighted by Crippen LogP contribution is -2.22. The highest BCUT2D eigenvalue weighted by Crippen LogP contribution is 2.27. The number of hydrogen-bond donors (Lipinski definition) is 1. The second-order valence-corrected chi connectivity index (χ2v) is 6.61. The molecule has 4 rings (SSSR count). The van der Waals surface area contributed by atoms with E-state index in [9.17, 15) is 0 Å². The predicted molar refractivity (Wildman–Crippen MR) is 113 cm³/mol. The Bertz CT molecular complexity index is 1060. The average molecular weight is 373 g/mol. The Morgan fingerprint density at radius 2 is 1.71 bits per heavy atom. The van der Waals surface area contributed by atoms with Gasteiger partial charge in [0.05, 0.1) is 5.69 Å². The van der Waals surface area contributed by atoms with Crippen LogP contribution in [0.2, 0.25) is 0 Å². The van der Waals surface area contributed by atoms with Gasteiger partial charge in [-0.25, -0.2) is 4.99 Å². The molecule has 0 atom stereocenters. The van der Waals surface area contributed by atoms with Crippen molar-refractivity contribution in [1.29, 1.82) is 0 Å². The summed E-state index contributed by atoms with van der Waals surface area (Å²) in [5, 5.41) is 13.0. The van der Waals surface area contributed by atoms with Crippen LogP contribution in [0.4, 0.5) is 11.4 Å². The van der Waals surface area contributed by atoms with E-state index in [1.807, 2.05) is 36.4 Å². The van der Waals surface area contributed by atoms with Crippen LogP contribution in [0.25, 0.3) is 11.4 Å². The number of benzene rings is 2. The van der Waals surface area contributed by atoms with Gasteiger partial charge in [0.25, 0.3) is 0 Å². The number of amidine groups is 1. The molecular weight excluding hydrogens is 350 g/mol. The molecule has 0 bridgehead atoms. The van der Waals surface area contributed by atoms with E-state index in [0.717, 1.165) is 29.9 Å². The Hall–Kier alpha value is -3.48. The number of aromatic nitrogens is 3. The summed E-state index contributed by atoms with van der Waals surface area (Å²) in [5.41, 5.74) is 10.8. The summed E-state index contributed by atoms with van der Waals surface area (Å²) in [5.74, 6) is 1.55. The van der Waals surface area contributed by atoms with E-state index >= 15 is 0 Å². The van der Waals surface area contributed by atoms with Gasteiger partial charge < -0.3 is 10.6 Å². The molecular formula is C21H23N7. The third-order valence-corrected chi connectivity index (χ3v) is 4.88. The Morgan fingerprint density at radius 1 is 1.00 bits per heavy atom. The van der Waals surface area contributed by atoms with Crippen molar-refractivity contribution >= 4 is 22.9 Å². The number of aliphatic imine (C=N–C) groups is 1. The molecule has 3 aromatic rings. The molecule has 1 aliphatic heterocycles. The summed E-state index contributed by atoms with van der Waals surface area (Å²) in [6.45, 7) is 8.29. The van der Waals surface area contributed by atoms with Crippen LogP contribution in [0.1, 0.15) is 25.2 Å². The lowest BCUT2D eigenvalue weighted by atomic mass is 10.1. The predicted octanol–water partition coefficient (Wildman–Crippen LogP) is 3.35. The highest BCUT2D eigenvalue weighted by atomic mass is 15.5. The number of hydrogen-bond acceptors (Lipinski definition) is 6. The van der Waals surface area contributed by atoms with Crippen molar-refractivity contribution in [1.82, 2.24) is 14.9 Å². The lowest BCUT2D eigenvalue weighted by molar-refractivity contribution is 0.865. The van der Waals surface area contributed by atoms with Crippen LogP contribution in [0.5, 0.6) is 0 Å². The fourth-order valence-corrected chi connectivity index (χ4v) is 3.34. The van der Waals surface area contributed by atoms with Crippen LogP contribution >= 0.6 is 0 Å². The molecule has 28 heavy (non-hydrogen) atoms. The molecule has 0 aliphatic carbocycles. The fraction of sp³-hybridized carbons (Fsp3) is 0.238. The molecule has 142 valence electrons. The van der Waals surface area contributed by atoms with Crippen LogP contribution < -0.4 is 10.6 Å². The first-order valence-electron chi connectivity index (χ1n) is 9.42. The van der Waals surface area contributed by atoms with Crippen molar-refractivity contribution in [2.24, 2.45) is 15.8 Å². The van der Waals surface area contributed by atoms with Gasteiger partial charge in [-0.3, -0.25) is 0 Å². The van der Waals surface area contributed by atoms with E-state index in [0.29, 0.717) is 23.2 Å². The van der Waals surface area contributed by atoms with E-state index in [4.69, 9.17) is 10.7 Å². The zero-order valence-electron chi connectivity index (χ0n) is 16.3. The first-order valence-corrected chi connectivity index (χ1v) is 9.42. The van der Waals surface area contributed by atoms with Crippen LogP contribution in [-0.2, 0) is 0 Å². The highest BCUT2D eigenvalue weighted by Gasteiger charge is 2.27. The molecule has 0 saturated heterocycles. The number of anilines is 1. The molecule has 7 heteroatoms. The van der Waals surface area contributed by atoms with Gasteiger partial charge in [0.2, 0.25) is 5.82 Å². The smallest absolute Gasteiger partial charge is 0.207 e. The Labute approximate surface area is 164 Å². The second-order valence-electron chi connectivity index (χ2n) is 6.61. The highest BCUT2D eigenvalue weighted by molar-refractivity contribution is 6.48. The standard InChI is InChI=1S/C21H23N7/c1-4-27(5-2)16-11-12-17(14(3)13-16)23-18-19(22)26-28-20(24-25-21(18)28)15-9-7-6-8-10-15/h6-13H,4-5H2,1-3H3,(H2,22,26). The first kappa shape index (κ1) is 17.9. The van der Waals surface area contributed by atoms with Gasteiger partial charge >= 0.3 is 0 Å². The summed E-state index contributed by atoms with van der Waals surface area (Å²) in [6, 6.07) is 16.0. The lowest BCUT2D eigenvalue weighted by Gasteiger charge is -2.21. The van der Waals surface area contributed by atoms with Gasteiger partial charge in [-0.1, -0.05) is 30.3 Å². The zero-order chi connectivity index (χ0) is 19.7. The average Bonchev–Trinajstić information content (AvgIpc) is 3.24. The zero-order valence-corrected chi connectivity index (χ0v) is 16.3. The molecule has 2 aromatic carbocycles. The molecule has 2 heterocycles. The summed E-state index contributed by atoms with van der Waals surface area (Å²) in [4.78, 5) is 7.06. The van der Waals surface area contributed by atoms with Gasteiger partial charge in [-0.2, -0.15) is 4.68 Å². The van der Waals surface area contributed by atoms with Crippen LogP contribution in [0.3, 0.4) is 0 Å². The largest absolute Gasteiger partial charge is 0.380 e. The summed E-state index contributed by atoms with van der Waals surface area (Å²) < 4.78 is 1.66. The first-order chi connectivity index (χ1) is 13.6. The molecule has 0 saturated carbocycles. The van der Waals surface area contributed by atoms with Crippen molar-refractivity contribution in [2.45, 2.75) is 20.8 Å². The van der Waals surface area contributed by atoms with E-state index in [1.54, 1.807) is 4.68 Å². The number of nitrogens with two attached hydrogens (primary N) is 1. The maximum absolute atomic E-state index is 6.16. The van der Waals surface area contributed by atoms with E-state index in [-0.39, 0.29) is 0 Å². The molecule has 0 amide bonds. The van der Waals surface area contributed by atoms with Crippen molar-refractivity contribution in [3.63, 3.8) is 0 Å². The maximum atomic E-state index is 6.16. The van der Waals surface area contributed by atoms with Gasteiger partial charge in [0.15, 0.2) is 17.4 Å². The van der Waals surface area contributed by atoms with Gasteiger partial charge in [0.1, 0.15) is 0 Å². The van der Waals surface area contributed by atoms with E-state index in [1.165, 1.54) is 5.69 Å². The van der Waals surface area contributed by atoms with Crippen LogP contribution in [-0.4, -0.2) is 39.5 Å². The van der Waals surface area contributed by atoms with Crippen molar-refractivity contribution in [3.8, 4) is 11.4 Å². The maximum Gasteiger partial charge on any atom is 0.207 e. The Balaban J connectivity index is 1.72. The molecule has 0 radical (unpaired) electrons. The minimum absolute atomic E-state index is 0.342. The normalized spacial score (nSPS) is 14.2. The Kier molecular flexibility index (Phi) is 4.65. The Morgan fingerprint density at radius 3 is 2.39 bits per heavy atom. The molecule has 7 nitrogen and oxygen atoms in total. The van der Waals surface area contributed by atoms with Gasteiger partial charge in [0, 0.05) is 24.3 Å². The molecule has 2 N–H and O–H groups in total. The van der Waals surface area contributed by atoms with Crippen molar-refractivity contribution in [3.05, 3.63) is 59.9 Å². The topological polar surface area (TPSA) is 84.7 Å². The number of rotatable bonds is 5. The molecule has 0 spiro atoms. The number of nitrogens with zero attached hydrogens (tertiary/aromatic N) is 6. The van der Waals surface area contributed by atoms with E-state index < -0.39 is 0 Å². The molecule has 1 aromatic heterocycles. The van der Waals surface area contributed by atoms with Gasteiger partial charge in [-0.05, 0) is 44.5 Å². The molecule has 0 fully saturated rings. The monoisotopic (exact) mass is 373 g/mol.